The molecule has 1 heterocycles. The van der Waals surface area contributed by atoms with Crippen LogP contribution in [0.1, 0.15) is 6.42 Å². The Labute approximate surface area is 74.2 Å². The second-order valence-corrected chi connectivity index (χ2v) is 3.12. The summed E-state index contributed by atoms with van der Waals surface area (Å²) in [6, 6.07) is 0. The fourth-order valence-corrected chi connectivity index (χ4v) is 1.49. The molecule has 0 saturated carbocycles. The molecule has 1 unspecified atom stereocenters. The van der Waals surface area contributed by atoms with Gasteiger partial charge in [-0.15, -0.1) is 6.58 Å². The van der Waals surface area contributed by atoms with Crippen LogP contribution in [0.2, 0.25) is 0 Å². The van der Waals surface area contributed by atoms with Crippen LogP contribution < -0.4 is 5.73 Å². The average Bonchev–Trinajstić information content (AvgIpc) is 2.06. The molecule has 1 aliphatic rings. The van der Waals surface area contributed by atoms with E-state index in [1.54, 1.807) is 0 Å². The first-order valence-electron chi connectivity index (χ1n) is 4.51. The molecular formula is C9H18N2O. The van der Waals surface area contributed by atoms with Crippen LogP contribution in [0.25, 0.3) is 0 Å². The lowest BCUT2D eigenvalue weighted by Gasteiger charge is -2.31. The van der Waals surface area contributed by atoms with Gasteiger partial charge in [-0.1, -0.05) is 6.08 Å². The van der Waals surface area contributed by atoms with Crippen molar-refractivity contribution in [3.05, 3.63) is 12.7 Å². The van der Waals surface area contributed by atoms with E-state index in [4.69, 9.17) is 10.5 Å². The molecule has 1 atom stereocenters. The summed E-state index contributed by atoms with van der Waals surface area (Å²) in [4.78, 5) is 2.34. The number of ether oxygens (including phenoxy) is 1. The summed E-state index contributed by atoms with van der Waals surface area (Å²) in [6.07, 6.45) is 3.24. The zero-order valence-electron chi connectivity index (χ0n) is 7.54. The zero-order valence-corrected chi connectivity index (χ0v) is 7.54. The third-order valence-electron chi connectivity index (χ3n) is 2.10. The Morgan fingerprint density at radius 3 is 3.17 bits per heavy atom. The summed E-state index contributed by atoms with van der Waals surface area (Å²) >= 11 is 0. The van der Waals surface area contributed by atoms with Gasteiger partial charge in [-0.05, 0) is 13.0 Å². The maximum absolute atomic E-state index is 5.54. The van der Waals surface area contributed by atoms with Gasteiger partial charge in [0, 0.05) is 19.6 Å². The van der Waals surface area contributed by atoms with E-state index in [9.17, 15) is 0 Å². The van der Waals surface area contributed by atoms with Crippen LogP contribution in [-0.2, 0) is 4.74 Å². The van der Waals surface area contributed by atoms with Crippen molar-refractivity contribution in [2.45, 2.75) is 12.5 Å². The Morgan fingerprint density at radius 2 is 2.50 bits per heavy atom. The van der Waals surface area contributed by atoms with Crippen LogP contribution >= 0.6 is 0 Å². The minimum Gasteiger partial charge on any atom is -0.376 e. The van der Waals surface area contributed by atoms with Gasteiger partial charge in [-0.3, -0.25) is 4.90 Å². The lowest BCUT2D eigenvalue weighted by Crippen LogP contribution is -2.43. The third kappa shape index (κ3) is 2.93. The molecule has 1 saturated heterocycles. The van der Waals surface area contributed by atoms with Crippen molar-refractivity contribution in [3.8, 4) is 0 Å². The molecule has 0 amide bonds. The molecule has 1 aliphatic heterocycles. The van der Waals surface area contributed by atoms with E-state index in [2.05, 4.69) is 11.5 Å². The zero-order chi connectivity index (χ0) is 8.81. The molecule has 0 aromatic heterocycles. The van der Waals surface area contributed by atoms with Crippen molar-refractivity contribution in [2.24, 2.45) is 5.73 Å². The Hall–Kier alpha value is -0.380. The van der Waals surface area contributed by atoms with Crippen LogP contribution in [0, 0.1) is 0 Å². The van der Waals surface area contributed by atoms with Gasteiger partial charge in [0.15, 0.2) is 0 Å². The summed E-state index contributed by atoms with van der Waals surface area (Å²) < 4.78 is 5.54. The molecule has 1 rings (SSSR count). The summed E-state index contributed by atoms with van der Waals surface area (Å²) in [5.41, 5.74) is 5.46. The highest BCUT2D eigenvalue weighted by molar-refractivity contribution is 4.78. The highest BCUT2D eigenvalue weighted by Crippen LogP contribution is 2.07. The lowest BCUT2D eigenvalue weighted by atomic mass is 10.2. The van der Waals surface area contributed by atoms with E-state index in [1.807, 2.05) is 6.08 Å². The Bertz CT molecular complexity index is 136. The van der Waals surface area contributed by atoms with E-state index >= 15 is 0 Å². The monoisotopic (exact) mass is 170 g/mol. The number of rotatable bonds is 4. The molecular weight excluding hydrogens is 152 g/mol. The van der Waals surface area contributed by atoms with Gasteiger partial charge in [-0.25, -0.2) is 0 Å². The first kappa shape index (κ1) is 9.71. The Kier molecular flexibility index (Phi) is 4.29. The van der Waals surface area contributed by atoms with Crippen molar-refractivity contribution in [1.29, 1.82) is 0 Å². The van der Waals surface area contributed by atoms with Crippen molar-refractivity contribution in [1.82, 2.24) is 4.90 Å². The van der Waals surface area contributed by atoms with Crippen LogP contribution in [0.5, 0.6) is 0 Å². The average molecular weight is 170 g/mol. The van der Waals surface area contributed by atoms with Crippen molar-refractivity contribution < 1.29 is 4.74 Å². The second-order valence-electron chi connectivity index (χ2n) is 3.12. The van der Waals surface area contributed by atoms with Crippen LogP contribution in [0.15, 0.2) is 12.7 Å². The first-order chi connectivity index (χ1) is 5.86. The summed E-state index contributed by atoms with van der Waals surface area (Å²) in [6.45, 7) is 8.25. The topological polar surface area (TPSA) is 38.5 Å². The summed E-state index contributed by atoms with van der Waals surface area (Å²) in [5, 5.41) is 0. The largest absolute Gasteiger partial charge is 0.376 e. The first-order valence-corrected chi connectivity index (χ1v) is 4.51. The molecule has 70 valence electrons. The van der Waals surface area contributed by atoms with Gasteiger partial charge < -0.3 is 10.5 Å². The minimum absolute atomic E-state index is 0.337. The minimum atomic E-state index is 0.337. The molecule has 0 aromatic rings. The number of hydrogen-bond acceptors (Lipinski definition) is 3. The Balaban J connectivity index is 2.24. The van der Waals surface area contributed by atoms with E-state index in [0.29, 0.717) is 12.6 Å². The Morgan fingerprint density at radius 1 is 1.67 bits per heavy atom. The predicted molar refractivity (Wildman–Crippen MR) is 50.0 cm³/mol. The predicted octanol–water partition coefficient (Wildman–Crippen LogP) is 0.222. The molecule has 0 radical (unpaired) electrons. The number of nitrogens with two attached hydrogens (primary N) is 1. The maximum Gasteiger partial charge on any atom is 0.0714 e. The number of morpholine rings is 1. The molecule has 3 heteroatoms. The molecule has 12 heavy (non-hydrogen) atoms. The van der Waals surface area contributed by atoms with Gasteiger partial charge in [0.2, 0.25) is 0 Å². The smallest absolute Gasteiger partial charge is 0.0714 e. The molecule has 0 bridgehead atoms. The van der Waals surface area contributed by atoms with Gasteiger partial charge in [0.1, 0.15) is 0 Å². The van der Waals surface area contributed by atoms with Crippen molar-refractivity contribution >= 4 is 0 Å². The number of hydrogen-bond donors (Lipinski definition) is 1. The lowest BCUT2D eigenvalue weighted by molar-refractivity contribution is -0.0268. The summed E-state index contributed by atoms with van der Waals surface area (Å²) in [5.74, 6) is 0. The second kappa shape index (κ2) is 5.30. The van der Waals surface area contributed by atoms with E-state index in [0.717, 1.165) is 32.7 Å². The van der Waals surface area contributed by atoms with E-state index in [-0.39, 0.29) is 0 Å². The fraction of sp³-hybridized carbons (Fsp3) is 0.778. The van der Waals surface area contributed by atoms with E-state index < -0.39 is 0 Å². The molecule has 0 spiro atoms. The highest BCUT2D eigenvalue weighted by Gasteiger charge is 2.18. The maximum atomic E-state index is 5.54. The van der Waals surface area contributed by atoms with Crippen LogP contribution in [0.3, 0.4) is 0 Å². The van der Waals surface area contributed by atoms with Crippen LogP contribution in [-0.4, -0.2) is 43.8 Å². The molecule has 0 aromatic carbocycles. The van der Waals surface area contributed by atoms with Crippen molar-refractivity contribution in [2.75, 3.05) is 32.8 Å². The van der Waals surface area contributed by atoms with E-state index in [1.165, 1.54) is 0 Å². The number of nitrogens with zero attached hydrogens (tertiary/aromatic N) is 1. The van der Waals surface area contributed by atoms with Crippen molar-refractivity contribution in [3.63, 3.8) is 0 Å². The van der Waals surface area contributed by atoms with Crippen LogP contribution in [0.4, 0.5) is 0 Å². The highest BCUT2D eigenvalue weighted by atomic mass is 16.5. The molecule has 1 fully saturated rings. The van der Waals surface area contributed by atoms with Gasteiger partial charge in [0.05, 0.1) is 12.7 Å². The fourth-order valence-electron chi connectivity index (χ4n) is 1.49. The quantitative estimate of drug-likeness (QED) is 0.613. The molecule has 0 aliphatic carbocycles. The van der Waals surface area contributed by atoms with Gasteiger partial charge >= 0.3 is 0 Å². The SMILES string of the molecule is C=CCN1CCOC(CCN)C1. The summed E-state index contributed by atoms with van der Waals surface area (Å²) in [7, 11) is 0. The third-order valence-corrected chi connectivity index (χ3v) is 2.10. The van der Waals surface area contributed by atoms with Gasteiger partial charge in [0.25, 0.3) is 0 Å². The molecule has 2 N–H and O–H groups in total. The van der Waals surface area contributed by atoms with Gasteiger partial charge in [-0.2, -0.15) is 0 Å². The standard InChI is InChI=1S/C9H18N2O/c1-2-5-11-6-7-12-9(8-11)3-4-10/h2,9H,1,3-8,10H2. The molecule has 3 nitrogen and oxygen atoms in total. The normalized spacial score (nSPS) is 25.6.